The van der Waals surface area contributed by atoms with Gasteiger partial charge in [-0.3, -0.25) is 4.79 Å². The summed E-state index contributed by atoms with van der Waals surface area (Å²) in [6.45, 7) is 2.66. The molecule has 10 heteroatoms. The lowest BCUT2D eigenvalue weighted by atomic mass is 10.1. The lowest BCUT2D eigenvalue weighted by Gasteiger charge is -2.16. The van der Waals surface area contributed by atoms with Crippen LogP contribution in [0, 0.1) is 0 Å². The molecule has 1 aliphatic rings. The number of aromatic nitrogens is 5. The molecule has 10 nitrogen and oxygen atoms in total. The van der Waals surface area contributed by atoms with Gasteiger partial charge in [-0.05, 0) is 19.1 Å². The minimum Gasteiger partial charge on any atom is -0.385 e. The Labute approximate surface area is 165 Å². The summed E-state index contributed by atoms with van der Waals surface area (Å²) in [7, 11) is 1.80. The third-order valence-electron chi connectivity index (χ3n) is 4.86. The van der Waals surface area contributed by atoms with Crippen LogP contribution in [0.4, 0.5) is 17.2 Å². The smallest absolute Gasteiger partial charge is 0.271 e. The van der Waals surface area contributed by atoms with E-state index in [0.717, 1.165) is 28.0 Å². The van der Waals surface area contributed by atoms with Crippen LogP contribution in [0.5, 0.6) is 0 Å². The topological polar surface area (TPSA) is 121 Å². The van der Waals surface area contributed by atoms with Gasteiger partial charge in [0.05, 0.1) is 42.5 Å². The van der Waals surface area contributed by atoms with E-state index >= 15 is 0 Å². The van der Waals surface area contributed by atoms with Gasteiger partial charge in [-0.15, -0.1) is 5.10 Å². The number of fused-ring (bicyclic) bond motifs is 5. The highest BCUT2D eigenvalue weighted by Crippen LogP contribution is 2.27. The molecule has 1 amide bonds. The van der Waals surface area contributed by atoms with Crippen LogP contribution in [0.2, 0.25) is 0 Å². The number of rotatable bonds is 1. The normalized spacial score (nSPS) is 17.2. The number of hydrogen-bond acceptors (Lipinski definition) is 7. The Morgan fingerprint density at radius 1 is 1.28 bits per heavy atom. The van der Waals surface area contributed by atoms with Crippen LogP contribution in [-0.4, -0.2) is 50.2 Å². The molecule has 4 aromatic rings. The fourth-order valence-corrected chi connectivity index (χ4v) is 3.51. The second kappa shape index (κ2) is 6.74. The molecule has 3 aromatic heterocycles. The van der Waals surface area contributed by atoms with Gasteiger partial charge >= 0.3 is 0 Å². The number of H-pyrrole nitrogens is 1. The average Bonchev–Trinajstić information content (AvgIpc) is 3.33. The van der Waals surface area contributed by atoms with E-state index in [4.69, 9.17) is 4.74 Å². The Bertz CT molecular complexity index is 1230. The van der Waals surface area contributed by atoms with E-state index in [2.05, 4.69) is 36.0 Å². The van der Waals surface area contributed by atoms with E-state index in [0.29, 0.717) is 30.4 Å². The number of nitrogens with one attached hydrogen (secondary N) is 4. The van der Waals surface area contributed by atoms with Crippen molar-refractivity contribution in [1.82, 2.24) is 29.9 Å². The van der Waals surface area contributed by atoms with Crippen molar-refractivity contribution >= 4 is 39.8 Å². The molecule has 5 rings (SSSR count). The van der Waals surface area contributed by atoms with Gasteiger partial charge in [-0.2, -0.15) is 0 Å². The molecule has 4 bridgehead atoms. The molecular weight excluding hydrogens is 372 g/mol. The quantitative estimate of drug-likeness (QED) is 0.391. The van der Waals surface area contributed by atoms with Gasteiger partial charge in [0.2, 0.25) is 0 Å². The molecule has 1 atom stereocenters. The second-order valence-corrected chi connectivity index (χ2v) is 7.02. The molecule has 1 aliphatic heterocycles. The number of aromatic amines is 1. The number of hydrogen-bond donors (Lipinski definition) is 4. The van der Waals surface area contributed by atoms with Crippen LogP contribution >= 0.6 is 0 Å². The number of carbonyl (C=O) groups is 1. The average molecular weight is 392 g/mol. The first-order valence-corrected chi connectivity index (χ1v) is 9.30. The Morgan fingerprint density at radius 2 is 2.17 bits per heavy atom. The first-order chi connectivity index (χ1) is 14.1. The summed E-state index contributed by atoms with van der Waals surface area (Å²) in [5.74, 6) is 0.313. The van der Waals surface area contributed by atoms with Crippen LogP contribution in [0.15, 0.2) is 30.7 Å². The van der Waals surface area contributed by atoms with Crippen LogP contribution in [0.3, 0.4) is 0 Å². The van der Waals surface area contributed by atoms with E-state index in [9.17, 15) is 4.79 Å². The van der Waals surface area contributed by atoms with E-state index in [-0.39, 0.29) is 11.9 Å². The summed E-state index contributed by atoms with van der Waals surface area (Å²) in [6.07, 6.45) is 3.19. The molecular formula is C19H20N8O2. The number of benzene rings is 1. The number of anilines is 3. The van der Waals surface area contributed by atoms with Gasteiger partial charge in [-0.25, -0.2) is 14.5 Å². The van der Waals surface area contributed by atoms with Crippen molar-refractivity contribution in [3.8, 4) is 0 Å². The molecule has 148 valence electrons. The molecule has 0 fully saturated rings. The number of nitrogens with zero attached hydrogens (tertiary/aromatic N) is 4. The van der Waals surface area contributed by atoms with Gasteiger partial charge in [0.15, 0.2) is 17.2 Å². The molecule has 0 radical (unpaired) electrons. The maximum Gasteiger partial charge on any atom is 0.271 e. The highest BCUT2D eigenvalue weighted by atomic mass is 16.5. The lowest BCUT2D eigenvalue weighted by Crippen LogP contribution is -2.36. The number of imidazole rings is 2. The highest BCUT2D eigenvalue weighted by molar-refractivity contribution is 5.94. The van der Waals surface area contributed by atoms with Crippen molar-refractivity contribution in [2.75, 3.05) is 24.3 Å². The largest absolute Gasteiger partial charge is 0.385 e. The Balaban J connectivity index is 1.69. The molecule has 0 saturated carbocycles. The summed E-state index contributed by atoms with van der Waals surface area (Å²) in [4.78, 5) is 24.7. The van der Waals surface area contributed by atoms with Gasteiger partial charge in [0, 0.05) is 30.4 Å². The molecule has 0 unspecified atom stereocenters. The Kier molecular flexibility index (Phi) is 4.06. The SMILES string of the molecule is CNc1cc2nn3c(cnc13)C(=O)N[C@H](C)COCc1cc(cc3nc[nH]c13)N2. The molecule has 0 aliphatic carbocycles. The summed E-state index contributed by atoms with van der Waals surface area (Å²) in [6, 6.07) is 5.62. The fourth-order valence-electron chi connectivity index (χ4n) is 3.51. The molecule has 4 heterocycles. The maximum absolute atomic E-state index is 12.8. The summed E-state index contributed by atoms with van der Waals surface area (Å²) < 4.78 is 7.40. The summed E-state index contributed by atoms with van der Waals surface area (Å²) in [5.41, 5.74) is 5.24. The van der Waals surface area contributed by atoms with Gasteiger partial charge in [0.25, 0.3) is 5.91 Å². The summed E-state index contributed by atoms with van der Waals surface area (Å²) in [5, 5.41) is 14.0. The number of carbonyl (C=O) groups excluding carboxylic acids is 1. The monoisotopic (exact) mass is 392 g/mol. The van der Waals surface area contributed by atoms with Crippen LogP contribution in [0.1, 0.15) is 23.0 Å². The third-order valence-corrected chi connectivity index (χ3v) is 4.86. The van der Waals surface area contributed by atoms with Gasteiger partial charge in [0.1, 0.15) is 0 Å². The zero-order chi connectivity index (χ0) is 20.0. The molecule has 0 spiro atoms. The van der Waals surface area contributed by atoms with Crippen molar-refractivity contribution in [3.63, 3.8) is 0 Å². The van der Waals surface area contributed by atoms with E-state index in [1.54, 1.807) is 13.4 Å². The first-order valence-electron chi connectivity index (χ1n) is 9.30. The molecule has 0 saturated heterocycles. The maximum atomic E-state index is 12.8. The van der Waals surface area contributed by atoms with E-state index in [1.165, 1.54) is 10.7 Å². The zero-order valence-corrected chi connectivity index (χ0v) is 16.0. The van der Waals surface area contributed by atoms with Crippen LogP contribution in [-0.2, 0) is 11.3 Å². The predicted molar refractivity (Wildman–Crippen MR) is 108 cm³/mol. The standard InChI is InChI=1S/C19H20N8O2/c1-10-7-29-8-11-3-12(4-13-17(11)23-9-22-13)25-16-5-14(20-2)18-21-6-15(19(28)24-10)27(18)26-16/h3-6,9-10,20H,7-8H2,1-2H3,(H,22,23)(H,24,28)(H,25,26)/t10-/m1/s1. The first kappa shape index (κ1) is 17.4. The number of amides is 1. The molecule has 4 N–H and O–H groups in total. The van der Waals surface area contributed by atoms with Crippen LogP contribution < -0.4 is 16.0 Å². The molecule has 1 aromatic carbocycles. The van der Waals surface area contributed by atoms with Crippen molar-refractivity contribution in [2.24, 2.45) is 0 Å². The zero-order valence-electron chi connectivity index (χ0n) is 16.0. The van der Waals surface area contributed by atoms with Gasteiger partial charge < -0.3 is 25.7 Å². The van der Waals surface area contributed by atoms with E-state index < -0.39 is 0 Å². The lowest BCUT2D eigenvalue weighted by molar-refractivity contribution is 0.0817. The predicted octanol–water partition coefficient (Wildman–Crippen LogP) is 2.04. The third kappa shape index (κ3) is 3.03. The van der Waals surface area contributed by atoms with Crippen molar-refractivity contribution in [3.05, 3.63) is 42.0 Å². The van der Waals surface area contributed by atoms with E-state index in [1.807, 2.05) is 25.1 Å². The Hall–Kier alpha value is -3.66. The minimum atomic E-state index is -0.258. The minimum absolute atomic E-state index is 0.179. The van der Waals surface area contributed by atoms with Gasteiger partial charge in [-0.1, -0.05) is 0 Å². The van der Waals surface area contributed by atoms with Crippen molar-refractivity contribution < 1.29 is 9.53 Å². The van der Waals surface area contributed by atoms with Crippen molar-refractivity contribution in [1.29, 1.82) is 0 Å². The van der Waals surface area contributed by atoms with Crippen LogP contribution in [0.25, 0.3) is 16.7 Å². The summed E-state index contributed by atoms with van der Waals surface area (Å²) >= 11 is 0. The second-order valence-electron chi connectivity index (χ2n) is 7.02. The fraction of sp³-hybridized carbons (Fsp3) is 0.263. The molecule has 29 heavy (non-hydrogen) atoms. The van der Waals surface area contributed by atoms with Crippen molar-refractivity contribution in [2.45, 2.75) is 19.6 Å². The highest BCUT2D eigenvalue weighted by Gasteiger charge is 2.19. The Morgan fingerprint density at radius 3 is 3.03 bits per heavy atom. The number of ether oxygens (including phenoxy) is 1.